The van der Waals surface area contributed by atoms with Crippen LogP contribution in [0.5, 0.6) is 0 Å². The van der Waals surface area contributed by atoms with E-state index in [4.69, 9.17) is 4.42 Å². The highest BCUT2D eigenvalue weighted by Gasteiger charge is 2.53. The number of hydrogen-bond acceptors (Lipinski definition) is 3. The third-order valence-corrected chi connectivity index (χ3v) is 5.99. The molecular weight excluding hydrogens is 352 g/mol. The monoisotopic (exact) mass is 382 g/mol. The van der Waals surface area contributed by atoms with E-state index in [9.17, 15) is 4.79 Å². The number of amides is 1. The quantitative estimate of drug-likeness (QED) is 0.614. The van der Waals surface area contributed by atoms with Crippen molar-refractivity contribution in [2.75, 3.05) is 13.6 Å². The minimum Gasteiger partial charge on any atom is -0.467 e. The molecule has 28 heavy (non-hydrogen) atoms. The minimum absolute atomic E-state index is 0.0441. The molecule has 150 valence electrons. The third-order valence-electron chi connectivity index (χ3n) is 5.99. The summed E-state index contributed by atoms with van der Waals surface area (Å²) in [7, 11) is 1.81. The van der Waals surface area contributed by atoms with Gasteiger partial charge in [0.15, 0.2) is 5.96 Å². The minimum atomic E-state index is -0.117. The molecular formula is C22H30N4O2. The smallest absolute Gasteiger partial charge is 0.251 e. The van der Waals surface area contributed by atoms with Crippen molar-refractivity contribution in [1.29, 1.82) is 0 Å². The number of furan rings is 1. The van der Waals surface area contributed by atoms with Crippen molar-refractivity contribution in [3.8, 4) is 0 Å². The van der Waals surface area contributed by atoms with E-state index < -0.39 is 0 Å². The van der Waals surface area contributed by atoms with Gasteiger partial charge in [-0.2, -0.15) is 0 Å². The standard InChI is InChI=1S/C22H30N4O2/c1-21(2)15-26(22(21,3)4)20(23-5)25-13-16-8-6-9-17(12-16)19(27)24-14-18-10-7-11-28-18/h6-12H,13-15H2,1-5H3,(H,23,25)(H,24,27). The van der Waals surface area contributed by atoms with Crippen LogP contribution in [-0.2, 0) is 13.1 Å². The van der Waals surface area contributed by atoms with Gasteiger partial charge in [0.2, 0.25) is 0 Å². The molecule has 0 saturated carbocycles. The van der Waals surface area contributed by atoms with Crippen molar-refractivity contribution in [3.63, 3.8) is 0 Å². The average Bonchev–Trinajstić information content (AvgIpc) is 3.19. The number of carbonyl (C=O) groups excluding carboxylic acids is 1. The van der Waals surface area contributed by atoms with Crippen LogP contribution in [-0.4, -0.2) is 35.9 Å². The van der Waals surface area contributed by atoms with E-state index in [-0.39, 0.29) is 16.9 Å². The van der Waals surface area contributed by atoms with Crippen LogP contribution in [0.4, 0.5) is 0 Å². The van der Waals surface area contributed by atoms with E-state index in [1.165, 1.54) is 0 Å². The Balaban J connectivity index is 1.59. The Morgan fingerprint density at radius 1 is 1.14 bits per heavy atom. The lowest BCUT2D eigenvalue weighted by atomic mass is 9.65. The molecule has 2 heterocycles. The number of hydrogen-bond donors (Lipinski definition) is 2. The summed E-state index contributed by atoms with van der Waals surface area (Å²) in [4.78, 5) is 19.1. The summed E-state index contributed by atoms with van der Waals surface area (Å²) >= 11 is 0. The number of carbonyl (C=O) groups is 1. The zero-order valence-electron chi connectivity index (χ0n) is 17.4. The Morgan fingerprint density at radius 3 is 2.54 bits per heavy atom. The van der Waals surface area contributed by atoms with Crippen LogP contribution in [0.1, 0.15) is 49.4 Å². The summed E-state index contributed by atoms with van der Waals surface area (Å²) in [5.41, 5.74) is 1.95. The highest BCUT2D eigenvalue weighted by molar-refractivity contribution is 5.94. The van der Waals surface area contributed by atoms with Gasteiger partial charge in [-0.25, -0.2) is 0 Å². The maximum atomic E-state index is 12.4. The zero-order chi connectivity index (χ0) is 20.4. The van der Waals surface area contributed by atoms with E-state index in [2.05, 4.69) is 48.2 Å². The maximum Gasteiger partial charge on any atom is 0.251 e. The maximum absolute atomic E-state index is 12.4. The van der Waals surface area contributed by atoms with Crippen LogP contribution < -0.4 is 10.6 Å². The SMILES string of the molecule is CN=C(NCc1cccc(C(=O)NCc2ccco2)c1)N1CC(C)(C)C1(C)C. The van der Waals surface area contributed by atoms with E-state index >= 15 is 0 Å². The fourth-order valence-electron chi connectivity index (χ4n) is 3.38. The average molecular weight is 383 g/mol. The van der Waals surface area contributed by atoms with Crippen LogP contribution in [0.2, 0.25) is 0 Å². The van der Waals surface area contributed by atoms with E-state index in [0.717, 1.165) is 23.8 Å². The molecule has 1 aliphatic rings. The van der Waals surface area contributed by atoms with Gasteiger partial charge in [0.1, 0.15) is 5.76 Å². The summed E-state index contributed by atoms with van der Waals surface area (Å²) < 4.78 is 5.25. The van der Waals surface area contributed by atoms with E-state index in [1.54, 1.807) is 12.3 Å². The summed E-state index contributed by atoms with van der Waals surface area (Å²) in [5, 5.41) is 6.31. The molecule has 1 amide bonds. The molecule has 0 spiro atoms. The van der Waals surface area contributed by atoms with E-state index in [0.29, 0.717) is 18.7 Å². The van der Waals surface area contributed by atoms with Gasteiger partial charge in [-0.15, -0.1) is 0 Å². The number of benzene rings is 1. The number of nitrogens with zero attached hydrogens (tertiary/aromatic N) is 2. The van der Waals surface area contributed by atoms with Crippen molar-refractivity contribution >= 4 is 11.9 Å². The molecule has 3 rings (SSSR count). The highest BCUT2D eigenvalue weighted by atomic mass is 16.3. The Morgan fingerprint density at radius 2 is 1.93 bits per heavy atom. The van der Waals surface area contributed by atoms with E-state index in [1.807, 2.05) is 37.4 Å². The Labute approximate surface area is 167 Å². The number of rotatable bonds is 5. The molecule has 1 aliphatic heterocycles. The first-order chi connectivity index (χ1) is 13.2. The second-order valence-corrected chi connectivity index (χ2v) is 8.39. The topological polar surface area (TPSA) is 69.9 Å². The van der Waals surface area contributed by atoms with Gasteiger partial charge in [0, 0.05) is 36.7 Å². The highest BCUT2D eigenvalue weighted by Crippen LogP contribution is 2.46. The molecule has 0 bridgehead atoms. The van der Waals surface area contributed by atoms with Crippen LogP contribution in [0.15, 0.2) is 52.1 Å². The van der Waals surface area contributed by atoms with Crippen molar-refractivity contribution < 1.29 is 9.21 Å². The Hall–Kier alpha value is -2.76. The molecule has 0 unspecified atom stereocenters. The molecule has 6 nitrogen and oxygen atoms in total. The van der Waals surface area contributed by atoms with Gasteiger partial charge >= 0.3 is 0 Å². The zero-order valence-corrected chi connectivity index (χ0v) is 17.4. The summed E-state index contributed by atoms with van der Waals surface area (Å²) in [6, 6.07) is 11.3. The molecule has 0 atom stereocenters. The van der Waals surface area contributed by atoms with Gasteiger partial charge in [-0.3, -0.25) is 9.79 Å². The van der Waals surface area contributed by atoms with Gasteiger partial charge in [0.25, 0.3) is 5.91 Å². The van der Waals surface area contributed by atoms with Crippen LogP contribution >= 0.6 is 0 Å². The molecule has 1 fully saturated rings. The summed E-state index contributed by atoms with van der Waals surface area (Å²) in [6.07, 6.45) is 1.60. The molecule has 2 N–H and O–H groups in total. The lowest BCUT2D eigenvalue weighted by Gasteiger charge is -2.62. The Kier molecular flexibility index (Phi) is 5.49. The second kappa shape index (κ2) is 7.70. The summed E-state index contributed by atoms with van der Waals surface area (Å²) in [6.45, 7) is 11.0. The van der Waals surface area contributed by atoms with Crippen molar-refractivity contribution in [2.45, 2.75) is 46.3 Å². The van der Waals surface area contributed by atoms with Crippen LogP contribution in [0, 0.1) is 5.41 Å². The molecule has 0 radical (unpaired) electrons. The molecule has 2 aromatic rings. The predicted octanol–water partition coefficient (Wildman–Crippen LogP) is 3.41. The molecule has 1 aromatic carbocycles. The van der Waals surface area contributed by atoms with Crippen molar-refractivity contribution in [3.05, 3.63) is 59.5 Å². The first-order valence-corrected chi connectivity index (χ1v) is 9.62. The van der Waals surface area contributed by atoms with Gasteiger partial charge in [-0.1, -0.05) is 26.0 Å². The summed E-state index contributed by atoms with van der Waals surface area (Å²) in [5.74, 6) is 1.50. The predicted molar refractivity (Wildman–Crippen MR) is 111 cm³/mol. The first-order valence-electron chi connectivity index (χ1n) is 9.62. The van der Waals surface area contributed by atoms with Crippen LogP contribution in [0.25, 0.3) is 0 Å². The first kappa shape index (κ1) is 20.0. The number of nitrogens with one attached hydrogen (secondary N) is 2. The van der Waals surface area contributed by atoms with Gasteiger partial charge < -0.3 is 20.0 Å². The largest absolute Gasteiger partial charge is 0.467 e. The van der Waals surface area contributed by atoms with Crippen molar-refractivity contribution in [1.82, 2.24) is 15.5 Å². The fraction of sp³-hybridized carbons (Fsp3) is 0.455. The van der Waals surface area contributed by atoms with Crippen molar-refractivity contribution in [2.24, 2.45) is 10.4 Å². The number of guanidine groups is 1. The van der Waals surface area contributed by atoms with Gasteiger partial charge in [-0.05, 0) is 43.7 Å². The molecule has 1 aromatic heterocycles. The molecule has 6 heteroatoms. The lowest BCUT2D eigenvalue weighted by Crippen LogP contribution is -2.72. The number of aliphatic imine (C=N–C) groups is 1. The third kappa shape index (κ3) is 3.91. The molecule has 0 aliphatic carbocycles. The van der Waals surface area contributed by atoms with Gasteiger partial charge in [0.05, 0.1) is 12.8 Å². The molecule has 1 saturated heterocycles. The Bertz CT molecular complexity index is 853. The normalized spacial score (nSPS) is 17.8. The fourth-order valence-corrected chi connectivity index (χ4v) is 3.38. The second-order valence-electron chi connectivity index (χ2n) is 8.39. The van der Waals surface area contributed by atoms with Crippen LogP contribution in [0.3, 0.4) is 0 Å². The lowest BCUT2D eigenvalue weighted by molar-refractivity contribution is -0.0667. The number of likely N-dealkylation sites (tertiary alicyclic amines) is 1.